The number of nitrogens with zero attached hydrogens (tertiary/aromatic N) is 1. The summed E-state index contributed by atoms with van der Waals surface area (Å²) in [7, 11) is 0. The molecule has 2 rings (SSSR count). The first-order valence-corrected chi connectivity index (χ1v) is 7.24. The molecule has 0 radical (unpaired) electrons. The highest BCUT2D eigenvalue weighted by Crippen LogP contribution is 2.23. The predicted octanol–water partition coefficient (Wildman–Crippen LogP) is 2.57. The highest BCUT2D eigenvalue weighted by molar-refractivity contribution is 5.97. The number of nitrogens with two attached hydrogens (primary N) is 1. The maximum Gasteiger partial charge on any atom is 0.274 e. The third kappa shape index (κ3) is 3.28. The number of aromatic nitrogens is 2. The van der Waals surface area contributed by atoms with E-state index in [-0.39, 0.29) is 17.9 Å². The maximum absolute atomic E-state index is 12.2. The quantitative estimate of drug-likeness (QED) is 0.734. The first kappa shape index (κ1) is 13.9. The van der Waals surface area contributed by atoms with Crippen LogP contribution in [-0.2, 0) is 0 Å². The van der Waals surface area contributed by atoms with Crippen molar-refractivity contribution in [1.29, 1.82) is 0 Å². The standard InChI is InChI=1S/C14H24N4O/c1-9(2)12-11(15)13(18-17-12)14(19)16-10-7-5-3-4-6-8-10/h9-10H,3-8,15H2,1-2H3,(H,16,19)(H,17,18). The number of aromatic amines is 1. The Balaban J connectivity index is 2.03. The summed E-state index contributed by atoms with van der Waals surface area (Å²) in [6, 6.07) is 0.272. The Labute approximate surface area is 114 Å². The van der Waals surface area contributed by atoms with Gasteiger partial charge in [0.15, 0.2) is 5.69 Å². The molecule has 1 aromatic heterocycles. The fraction of sp³-hybridized carbons (Fsp3) is 0.714. The fourth-order valence-electron chi connectivity index (χ4n) is 2.65. The van der Waals surface area contributed by atoms with Gasteiger partial charge in [-0.05, 0) is 18.8 Å². The SMILES string of the molecule is CC(C)c1[nH]nc(C(=O)NC2CCCCCC2)c1N. The molecular formula is C14H24N4O. The van der Waals surface area contributed by atoms with E-state index in [1.807, 2.05) is 13.8 Å². The Morgan fingerprint density at radius 1 is 1.32 bits per heavy atom. The van der Waals surface area contributed by atoms with Gasteiger partial charge in [0, 0.05) is 6.04 Å². The average Bonchev–Trinajstić information content (AvgIpc) is 2.58. The van der Waals surface area contributed by atoms with E-state index in [0.29, 0.717) is 11.4 Å². The lowest BCUT2D eigenvalue weighted by molar-refractivity contribution is 0.0929. The van der Waals surface area contributed by atoms with Crippen molar-refractivity contribution in [2.45, 2.75) is 64.3 Å². The summed E-state index contributed by atoms with van der Waals surface area (Å²) in [5.74, 6) is 0.0967. The molecule has 19 heavy (non-hydrogen) atoms. The van der Waals surface area contributed by atoms with E-state index in [1.54, 1.807) is 0 Å². The van der Waals surface area contributed by atoms with Crippen molar-refractivity contribution in [3.05, 3.63) is 11.4 Å². The minimum atomic E-state index is -0.146. The predicted molar refractivity (Wildman–Crippen MR) is 76.0 cm³/mol. The number of nitrogen functional groups attached to an aromatic ring is 1. The zero-order chi connectivity index (χ0) is 13.8. The van der Waals surface area contributed by atoms with Crippen LogP contribution in [0.15, 0.2) is 0 Å². The second-order valence-corrected chi connectivity index (χ2v) is 5.72. The van der Waals surface area contributed by atoms with E-state index < -0.39 is 0 Å². The van der Waals surface area contributed by atoms with Gasteiger partial charge in [0.05, 0.1) is 11.4 Å². The molecule has 0 saturated heterocycles. The molecular weight excluding hydrogens is 240 g/mol. The Bertz CT molecular complexity index is 431. The minimum Gasteiger partial charge on any atom is -0.395 e. The lowest BCUT2D eigenvalue weighted by atomic mass is 10.1. The molecule has 1 heterocycles. The first-order valence-electron chi connectivity index (χ1n) is 7.24. The molecule has 1 aliphatic carbocycles. The molecule has 1 aliphatic rings. The lowest BCUT2D eigenvalue weighted by Crippen LogP contribution is -2.35. The molecule has 0 bridgehead atoms. The van der Waals surface area contributed by atoms with Crippen LogP contribution in [-0.4, -0.2) is 22.1 Å². The number of nitrogens with one attached hydrogen (secondary N) is 2. The molecule has 1 amide bonds. The molecule has 106 valence electrons. The lowest BCUT2D eigenvalue weighted by Gasteiger charge is -2.15. The van der Waals surface area contributed by atoms with Crippen molar-refractivity contribution in [2.75, 3.05) is 5.73 Å². The summed E-state index contributed by atoms with van der Waals surface area (Å²) in [6.45, 7) is 4.05. The summed E-state index contributed by atoms with van der Waals surface area (Å²) in [5.41, 5.74) is 7.65. The molecule has 1 saturated carbocycles. The van der Waals surface area contributed by atoms with Crippen LogP contribution in [0.1, 0.15) is 74.5 Å². The number of hydrogen-bond donors (Lipinski definition) is 3. The number of amides is 1. The molecule has 5 heteroatoms. The van der Waals surface area contributed by atoms with Crippen LogP contribution in [0.25, 0.3) is 0 Å². The topological polar surface area (TPSA) is 83.8 Å². The van der Waals surface area contributed by atoms with Crippen LogP contribution in [0.2, 0.25) is 0 Å². The summed E-state index contributed by atoms with van der Waals surface area (Å²) < 4.78 is 0. The Morgan fingerprint density at radius 3 is 2.47 bits per heavy atom. The van der Waals surface area contributed by atoms with Crippen LogP contribution in [0, 0.1) is 0 Å². The van der Waals surface area contributed by atoms with Gasteiger partial charge >= 0.3 is 0 Å². The molecule has 0 spiro atoms. The number of carbonyl (C=O) groups is 1. The maximum atomic E-state index is 12.2. The van der Waals surface area contributed by atoms with Crippen molar-refractivity contribution in [2.24, 2.45) is 0 Å². The van der Waals surface area contributed by atoms with Gasteiger partial charge in [-0.2, -0.15) is 5.10 Å². The van der Waals surface area contributed by atoms with Gasteiger partial charge in [-0.15, -0.1) is 0 Å². The van der Waals surface area contributed by atoms with E-state index in [0.717, 1.165) is 18.5 Å². The van der Waals surface area contributed by atoms with Gasteiger partial charge < -0.3 is 11.1 Å². The number of H-pyrrole nitrogens is 1. The average molecular weight is 264 g/mol. The van der Waals surface area contributed by atoms with Crippen LogP contribution >= 0.6 is 0 Å². The van der Waals surface area contributed by atoms with Crippen LogP contribution < -0.4 is 11.1 Å². The van der Waals surface area contributed by atoms with Gasteiger partial charge in [0.2, 0.25) is 0 Å². The van der Waals surface area contributed by atoms with E-state index >= 15 is 0 Å². The van der Waals surface area contributed by atoms with Gasteiger partial charge in [0.25, 0.3) is 5.91 Å². The Morgan fingerprint density at radius 2 is 1.95 bits per heavy atom. The zero-order valence-corrected chi connectivity index (χ0v) is 11.8. The Kier molecular flexibility index (Phi) is 4.45. The number of anilines is 1. The van der Waals surface area contributed by atoms with Gasteiger partial charge in [0.1, 0.15) is 0 Å². The highest BCUT2D eigenvalue weighted by atomic mass is 16.2. The first-order chi connectivity index (χ1) is 9.09. The van der Waals surface area contributed by atoms with E-state index in [9.17, 15) is 4.79 Å². The number of hydrogen-bond acceptors (Lipinski definition) is 3. The minimum absolute atomic E-state index is 0.146. The Hall–Kier alpha value is -1.52. The largest absolute Gasteiger partial charge is 0.395 e. The van der Waals surface area contributed by atoms with Crippen molar-refractivity contribution in [1.82, 2.24) is 15.5 Å². The normalized spacial score (nSPS) is 17.4. The van der Waals surface area contributed by atoms with Crippen molar-refractivity contribution in [3.8, 4) is 0 Å². The molecule has 1 fully saturated rings. The third-order valence-corrected chi connectivity index (χ3v) is 3.82. The second-order valence-electron chi connectivity index (χ2n) is 5.72. The molecule has 0 aliphatic heterocycles. The summed E-state index contributed by atoms with van der Waals surface area (Å²) in [5, 5.41) is 10.00. The number of rotatable bonds is 3. The van der Waals surface area contributed by atoms with Crippen molar-refractivity contribution < 1.29 is 4.79 Å². The van der Waals surface area contributed by atoms with Crippen molar-refractivity contribution in [3.63, 3.8) is 0 Å². The molecule has 0 aromatic carbocycles. The summed E-state index contributed by atoms with van der Waals surface area (Å²) >= 11 is 0. The van der Waals surface area contributed by atoms with Gasteiger partial charge in [-0.1, -0.05) is 39.5 Å². The second kappa shape index (κ2) is 6.08. The van der Waals surface area contributed by atoms with Crippen LogP contribution in [0.5, 0.6) is 0 Å². The number of carbonyl (C=O) groups excluding carboxylic acids is 1. The van der Waals surface area contributed by atoms with E-state index in [4.69, 9.17) is 5.73 Å². The smallest absolute Gasteiger partial charge is 0.274 e. The zero-order valence-electron chi connectivity index (χ0n) is 11.8. The van der Waals surface area contributed by atoms with E-state index in [1.165, 1.54) is 25.7 Å². The molecule has 4 N–H and O–H groups in total. The molecule has 5 nitrogen and oxygen atoms in total. The van der Waals surface area contributed by atoms with Crippen molar-refractivity contribution >= 4 is 11.6 Å². The van der Waals surface area contributed by atoms with Gasteiger partial charge in [-0.25, -0.2) is 0 Å². The molecule has 0 unspecified atom stereocenters. The van der Waals surface area contributed by atoms with Crippen LogP contribution in [0.3, 0.4) is 0 Å². The highest BCUT2D eigenvalue weighted by Gasteiger charge is 2.21. The molecule has 0 atom stereocenters. The summed E-state index contributed by atoms with van der Waals surface area (Å²) in [4.78, 5) is 12.2. The summed E-state index contributed by atoms with van der Waals surface area (Å²) in [6.07, 6.45) is 7.06. The third-order valence-electron chi connectivity index (χ3n) is 3.82. The molecule has 1 aromatic rings. The fourth-order valence-corrected chi connectivity index (χ4v) is 2.65. The monoisotopic (exact) mass is 264 g/mol. The van der Waals surface area contributed by atoms with Crippen LogP contribution in [0.4, 0.5) is 5.69 Å². The van der Waals surface area contributed by atoms with Gasteiger partial charge in [-0.3, -0.25) is 9.89 Å². The van der Waals surface area contributed by atoms with E-state index in [2.05, 4.69) is 15.5 Å².